The molecule has 0 spiro atoms. The number of amides is 3. The van der Waals surface area contributed by atoms with Gasteiger partial charge in [0, 0.05) is 29.1 Å². The number of methoxy groups -OCH3 is 1. The molecule has 3 aliphatic heterocycles. The van der Waals surface area contributed by atoms with Crippen LogP contribution < -0.4 is 20.7 Å². The van der Waals surface area contributed by atoms with Gasteiger partial charge in [-0.25, -0.2) is 0 Å². The fraction of sp³-hybridized carbons (Fsp3) is 0.423. The summed E-state index contributed by atoms with van der Waals surface area (Å²) in [5.74, 6) is 0.265. The largest absolute Gasteiger partial charge is 0.496 e. The fourth-order valence-electron chi connectivity index (χ4n) is 5.27. The summed E-state index contributed by atoms with van der Waals surface area (Å²) in [4.78, 5) is 41.1. The second kappa shape index (κ2) is 9.87. The minimum atomic E-state index is -0.633. The van der Waals surface area contributed by atoms with Gasteiger partial charge in [0.15, 0.2) is 0 Å². The third-order valence-corrected chi connectivity index (χ3v) is 7.44. The van der Waals surface area contributed by atoms with E-state index in [1.165, 1.54) is 0 Å². The van der Waals surface area contributed by atoms with E-state index in [-0.39, 0.29) is 29.7 Å². The molecule has 8 nitrogen and oxygen atoms in total. The molecule has 2 fully saturated rings. The van der Waals surface area contributed by atoms with E-state index in [0.29, 0.717) is 41.4 Å². The van der Waals surface area contributed by atoms with Crippen molar-refractivity contribution in [2.24, 2.45) is 5.92 Å². The summed E-state index contributed by atoms with van der Waals surface area (Å²) in [7, 11) is 1.58. The number of carbonyl (C=O) groups is 3. The zero-order valence-corrected chi connectivity index (χ0v) is 20.4. The van der Waals surface area contributed by atoms with Crippen molar-refractivity contribution in [3.63, 3.8) is 0 Å². The highest BCUT2D eigenvalue weighted by molar-refractivity contribution is 6.31. The predicted octanol–water partition coefficient (Wildman–Crippen LogP) is 3.06. The lowest BCUT2D eigenvalue weighted by molar-refractivity contribution is -0.128. The maximum absolute atomic E-state index is 13.6. The lowest BCUT2D eigenvalue weighted by Gasteiger charge is -2.38. The van der Waals surface area contributed by atoms with E-state index in [4.69, 9.17) is 16.3 Å². The molecule has 35 heavy (non-hydrogen) atoms. The normalized spacial score (nSPS) is 22.5. The van der Waals surface area contributed by atoms with Crippen molar-refractivity contribution < 1.29 is 19.1 Å². The van der Waals surface area contributed by atoms with Gasteiger partial charge in [-0.2, -0.15) is 0 Å². The molecule has 2 atom stereocenters. The van der Waals surface area contributed by atoms with E-state index in [0.717, 1.165) is 37.1 Å². The third kappa shape index (κ3) is 4.73. The molecule has 0 aromatic heterocycles. The van der Waals surface area contributed by atoms with Gasteiger partial charge in [0.05, 0.1) is 18.4 Å². The van der Waals surface area contributed by atoms with E-state index < -0.39 is 6.04 Å². The van der Waals surface area contributed by atoms with Crippen LogP contribution in [0.4, 0.5) is 5.69 Å². The summed E-state index contributed by atoms with van der Waals surface area (Å²) in [5, 5.41) is 9.89. The Morgan fingerprint density at radius 1 is 1.09 bits per heavy atom. The maximum atomic E-state index is 13.6. The molecule has 2 saturated heterocycles. The lowest BCUT2D eigenvalue weighted by Crippen LogP contribution is -2.55. The van der Waals surface area contributed by atoms with Crippen LogP contribution in [0.3, 0.4) is 0 Å². The first-order chi connectivity index (χ1) is 16.9. The second-order valence-electron chi connectivity index (χ2n) is 9.36. The Morgan fingerprint density at radius 3 is 2.66 bits per heavy atom. The second-order valence-corrected chi connectivity index (χ2v) is 9.80. The minimum Gasteiger partial charge on any atom is -0.496 e. The number of rotatable bonds is 4. The molecule has 184 valence electrons. The molecule has 9 heteroatoms. The van der Waals surface area contributed by atoms with Crippen molar-refractivity contribution in [2.45, 2.75) is 37.8 Å². The fourth-order valence-corrected chi connectivity index (χ4v) is 5.44. The summed E-state index contributed by atoms with van der Waals surface area (Å²) in [5.41, 5.74) is 2.45. The topological polar surface area (TPSA) is 99.8 Å². The maximum Gasteiger partial charge on any atom is 0.256 e. The van der Waals surface area contributed by atoms with Crippen molar-refractivity contribution in [2.75, 3.05) is 32.1 Å². The molecule has 2 aromatic carbocycles. The summed E-state index contributed by atoms with van der Waals surface area (Å²) in [6.45, 7) is 2.09. The number of nitrogens with one attached hydrogen (secondary N) is 3. The average molecular weight is 497 g/mol. The number of benzene rings is 2. The highest BCUT2D eigenvalue weighted by Gasteiger charge is 2.40. The Bertz CT molecular complexity index is 1160. The molecule has 2 aromatic rings. The van der Waals surface area contributed by atoms with Crippen LogP contribution >= 0.6 is 11.6 Å². The van der Waals surface area contributed by atoms with Crippen LogP contribution in [0.1, 0.15) is 36.0 Å². The van der Waals surface area contributed by atoms with Gasteiger partial charge in [-0.05, 0) is 74.7 Å². The van der Waals surface area contributed by atoms with Gasteiger partial charge in [-0.3, -0.25) is 14.4 Å². The molecule has 0 saturated carbocycles. The first kappa shape index (κ1) is 23.6. The summed E-state index contributed by atoms with van der Waals surface area (Å²) in [6, 6.07) is 9.92. The molecule has 3 N–H and O–H groups in total. The number of hydrogen-bond acceptors (Lipinski definition) is 5. The minimum absolute atomic E-state index is 0.00466. The number of halogens is 1. The Labute approximate surface area is 209 Å². The van der Waals surface area contributed by atoms with Crippen molar-refractivity contribution >= 4 is 35.0 Å². The van der Waals surface area contributed by atoms with Crippen LogP contribution in [0.25, 0.3) is 11.1 Å². The quantitative estimate of drug-likeness (QED) is 0.604. The zero-order valence-electron chi connectivity index (χ0n) is 19.6. The smallest absolute Gasteiger partial charge is 0.256 e. The van der Waals surface area contributed by atoms with Crippen molar-refractivity contribution in [3.05, 3.63) is 47.0 Å². The first-order valence-corrected chi connectivity index (χ1v) is 12.4. The third-order valence-electron chi connectivity index (χ3n) is 7.20. The molecule has 3 amide bonds. The van der Waals surface area contributed by atoms with Crippen molar-refractivity contribution in [3.8, 4) is 16.9 Å². The molecular formula is C26H29ClN4O4. The summed E-state index contributed by atoms with van der Waals surface area (Å²) >= 11 is 6.21. The number of hydrogen-bond donors (Lipinski definition) is 3. The number of piperidine rings is 2. The van der Waals surface area contributed by atoms with Gasteiger partial charge in [-0.1, -0.05) is 17.7 Å². The standard InChI is InChI=1S/C26H29ClN4O4/c1-35-23-5-3-17(27)13-19(23)16-2-4-21-20(12-16)26(34)31-11-8-18(14-22(31)25(33)30-21)29-24(32)15-6-9-28-10-7-15/h2-5,12-13,15,18,22,28H,6-11,14H2,1H3,(H,29,32)(H,30,33)/t18-,22-/m0/s1. The Hall–Kier alpha value is -3.10. The van der Waals surface area contributed by atoms with Gasteiger partial charge in [0.2, 0.25) is 11.8 Å². The van der Waals surface area contributed by atoms with Crippen LogP contribution in [0.2, 0.25) is 5.02 Å². The van der Waals surface area contributed by atoms with E-state index >= 15 is 0 Å². The van der Waals surface area contributed by atoms with E-state index in [2.05, 4.69) is 16.0 Å². The summed E-state index contributed by atoms with van der Waals surface area (Å²) in [6.07, 6.45) is 2.66. The first-order valence-electron chi connectivity index (χ1n) is 12.1. The molecule has 3 heterocycles. The zero-order chi connectivity index (χ0) is 24.5. The molecule has 0 bridgehead atoms. The monoisotopic (exact) mass is 496 g/mol. The Balaban J connectivity index is 1.37. The SMILES string of the molecule is COc1ccc(Cl)cc1-c1ccc2c(c1)C(=O)N1CC[C@H](NC(=O)C3CCNCC3)C[C@H]1C(=O)N2. The number of ether oxygens (including phenoxy) is 1. The van der Waals surface area contributed by atoms with E-state index in [1.54, 1.807) is 42.3 Å². The van der Waals surface area contributed by atoms with E-state index in [9.17, 15) is 14.4 Å². The molecule has 0 unspecified atom stereocenters. The molecule has 5 rings (SSSR count). The van der Waals surface area contributed by atoms with Gasteiger partial charge in [-0.15, -0.1) is 0 Å². The lowest BCUT2D eigenvalue weighted by atomic mass is 9.93. The van der Waals surface area contributed by atoms with Crippen molar-refractivity contribution in [1.29, 1.82) is 0 Å². The van der Waals surface area contributed by atoms with Crippen molar-refractivity contribution in [1.82, 2.24) is 15.5 Å². The molecule has 3 aliphatic rings. The van der Waals surface area contributed by atoms with Gasteiger partial charge in [0.1, 0.15) is 11.8 Å². The number of carbonyl (C=O) groups excluding carboxylic acids is 3. The number of fused-ring (bicyclic) bond motifs is 2. The summed E-state index contributed by atoms with van der Waals surface area (Å²) < 4.78 is 5.48. The van der Waals surface area contributed by atoms with Gasteiger partial charge in [0.25, 0.3) is 5.91 Å². The van der Waals surface area contributed by atoms with Crippen LogP contribution in [-0.4, -0.2) is 61.4 Å². The Morgan fingerprint density at radius 2 is 1.89 bits per heavy atom. The van der Waals surface area contributed by atoms with Gasteiger partial charge < -0.3 is 25.6 Å². The average Bonchev–Trinajstić information content (AvgIpc) is 2.98. The highest BCUT2D eigenvalue weighted by Crippen LogP contribution is 2.36. The number of nitrogens with zero attached hydrogens (tertiary/aromatic N) is 1. The van der Waals surface area contributed by atoms with Crippen LogP contribution in [0.5, 0.6) is 5.75 Å². The highest BCUT2D eigenvalue weighted by atomic mass is 35.5. The molecular weight excluding hydrogens is 468 g/mol. The van der Waals surface area contributed by atoms with Crippen LogP contribution in [0.15, 0.2) is 36.4 Å². The van der Waals surface area contributed by atoms with Crippen LogP contribution in [-0.2, 0) is 9.59 Å². The van der Waals surface area contributed by atoms with E-state index in [1.807, 2.05) is 6.07 Å². The molecule has 0 radical (unpaired) electrons. The van der Waals surface area contributed by atoms with Gasteiger partial charge >= 0.3 is 0 Å². The predicted molar refractivity (Wildman–Crippen MR) is 134 cm³/mol. The van der Waals surface area contributed by atoms with Crippen LogP contribution in [0, 0.1) is 5.92 Å². The Kier molecular flexibility index (Phi) is 6.67. The number of anilines is 1. The molecule has 0 aliphatic carbocycles.